The van der Waals surface area contributed by atoms with E-state index in [2.05, 4.69) is 34.3 Å². The van der Waals surface area contributed by atoms with Crippen LogP contribution in [0.4, 0.5) is 0 Å². The molecule has 0 aromatic carbocycles. The normalized spacial score (nSPS) is 22.9. The molecule has 15 heavy (non-hydrogen) atoms. The molecule has 82 valence electrons. The van der Waals surface area contributed by atoms with Crippen LogP contribution in [0, 0.1) is 0 Å². The van der Waals surface area contributed by atoms with Crippen LogP contribution in [-0.4, -0.2) is 42.1 Å². The van der Waals surface area contributed by atoms with E-state index < -0.39 is 0 Å². The predicted molar refractivity (Wildman–Crippen MR) is 61.8 cm³/mol. The zero-order valence-electron chi connectivity index (χ0n) is 9.32. The largest absolute Gasteiger partial charge is 0.314 e. The summed E-state index contributed by atoms with van der Waals surface area (Å²) in [5, 5.41) is 3.41. The second-order valence-corrected chi connectivity index (χ2v) is 4.19. The van der Waals surface area contributed by atoms with Gasteiger partial charge in [-0.1, -0.05) is 0 Å². The van der Waals surface area contributed by atoms with Gasteiger partial charge in [0.15, 0.2) is 0 Å². The van der Waals surface area contributed by atoms with Crippen molar-refractivity contribution in [3.05, 3.63) is 30.1 Å². The van der Waals surface area contributed by atoms with Gasteiger partial charge in [0.25, 0.3) is 0 Å². The topological polar surface area (TPSA) is 28.2 Å². The third-order valence-corrected chi connectivity index (χ3v) is 3.08. The number of nitrogens with zero attached hydrogens (tertiary/aromatic N) is 2. The maximum absolute atomic E-state index is 4.03. The second-order valence-electron chi connectivity index (χ2n) is 4.19. The van der Waals surface area contributed by atoms with Crippen LogP contribution in [0.3, 0.4) is 0 Å². The molecule has 1 atom stereocenters. The van der Waals surface area contributed by atoms with Crippen LogP contribution in [-0.2, 0) is 6.42 Å². The first-order valence-corrected chi connectivity index (χ1v) is 5.70. The number of aromatic nitrogens is 1. The van der Waals surface area contributed by atoms with Crippen LogP contribution in [0.25, 0.3) is 0 Å². The Labute approximate surface area is 91.5 Å². The zero-order valence-corrected chi connectivity index (χ0v) is 9.32. The number of piperazine rings is 1. The third-order valence-electron chi connectivity index (χ3n) is 3.08. The standard InChI is InChI=1S/C12H19N3/c1-11-10-14-7-9-15(11)8-4-12-2-5-13-6-3-12/h2-3,5-6,11,14H,4,7-10H2,1H3/t11-/m1/s1. The lowest BCUT2D eigenvalue weighted by Crippen LogP contribution is -2.50. The minimum Gasteiger partial charge on any atom is -0.314 e. The maximum Gasteiger partial charge on any atom is 0.0270 e. The highest BCUT2D eigenvalue weighted by Gasteiger charge is 2.16. The van der Waals surface area contributed by atoms with Gasteiger partial charge in [0.2, 0.25) is 0 Å². The van der Waals surface area contributed by atoms with Gasteiger partial charge >= 0.3 is 0 Å². The lowest BCUT2D eigenvalue weighted by atomic mass is 10.1. The summed E-state index contributed by atoms with van der Waals surface area (Å²) in [6.45, 7) is 6.87. The fourth-order valence-electron chi connectivity index (χ4n) is 2.04. The smallest absolute Gasteiger partial charge is 0.0270 e. The molecule has 0 radical (unpaired) electrons. The molecule has 3 nitrogen and oxygen atoms in total. The van der Waals surface area contributed by atoms with Crippen molar-refractivity contribution in [2.75, 3.05) is 26.2 Å². The molecule has 1 aliphatic heterocycles. The van der Waals surface area contributed by atoms with Crippen molar-refractivity contribution in [2.24, 2.45) is 0 Å². The van der Waals surface area contributed by atoms with Gasteiger partial charge in [-0.3, -0.25) is 9.88 Å². The Bertz CT molecular complexity index is 286. The first-order chi connectivity index (χ1) is 7.36. The molecule has 3 heteroatoms. The summed E-state index contributed by atoms with van der Waals surface area (Å²) < 4.78 is 0. The molecule has 0 spiro atoms. The molecule has 1 aromatic heterocycles. The summed E-state index contributed by atoms with van der Waals surface area (Å²) >= 11 is 0. The average molecular weight is 205 g/mol. The SMILES string of the molecule is C[C@@H]1CNCCN1CCc1ccncc1. The van der Waals surface area contributed by atoms with Crippen molar-refractivity contribution < 1.29 is 0 Å². The highest BCUT2D eigenvalue weighted by molar-refractivity contribution is 5.10. The number of hydrogen-bond acceptors (Lipinski definition) is 3. The Morgan fingerprint density at radius 2 is 2.27 bits per heavy atom. The van der Waals surface area contributed by atoms with Gasteiger partial charge in [-0.2, -0.15) is 0 Å². The summed E-state index contributed by atoms with van der Waals surface area (Å²) in [6, 6.07) is 4.88. The van der Waals surface area contributed by atoms with Crippen LogP contribution < -0.4 is 5.32 Å². The molecule has 1 N–H and O–H groups in total. The Morgan fingerprint density at radius 3 is 3.00 bits per heavy atom. The number of nitrogens with one attached hydrogen (secondary N) is 1. The molecule has 1 saturated heterocycles. The number of rotatable bonds is 3. The number of pyridine rings is 1. The molecule has 0 saturated carbocycles. The van der Waals surface area contributed by atoms with E-state index in [4.69, 9.17) is 0 Å². The van der Waals surface area contributed by atoms with Crippen LogP contribution in [0.2, 0.25) is 0 Å². The van der Waals surface area contributed by atoms with Gasteiger partial charge < -0.3 is 5.32 Å². The summed E-state index contributed by atoms with van der Waals surface area (Å²) in [4.78, 5) is 6.58. The lowest BCUT2D eigenvalue weighted by Gasteiger charge is -2.33. The van der Waals surface area contributed by atoms with Crippen molar-refractivity contribution in [1.82, 2.24) is 15.2 Å². The summed E-state index contributed by atoms with van der Waals surface area (Å²) in [7, 11) is 0. The van der Waals surface area contributed by atoms with Gasteiger partial charge in [0.05, 0.1) is 0 Å². The van der Waals surface area contributed by atoms with Gasteiger partial charge in [-0.15, -0.1) is 0 Å². The Balaban J connectivity index is 1.82. The highest BCUT2D eigenvalue weighted by atomic mass is 15.2. The highest BCUT2D eigenvalue weighted by Crippen LogP contribution is 2.05. The van der Waals surface area contributed by atoms with Gasteiger partial charge in [0, 0.05) is 44.6 Å². The molecular weight excluding hydrogens is 186 g/mol. The molecule has 1 aliphatic rings. The second kappa shape index (κ2) is 5.24. The van der Waals surface area contributed by atoms with Gasteiger partial charge in [-0.05, 0) is 31.0 Å². The van der Waals surface area contributed by atoms with Crippen LogP contribution >= 0.6 is 0 Å². The monoisotopic (exact) mass is 205 g/mol. The van der Waals surface area contributed by atoms with E-state index in [1.54, 1.807) is 0 Å². The third kappa shape index (κ3) is 3.01. The quantitative estimate of drug-likeness (QED) is 0.795. The van der Waals surface area contributed by atoms with Gasteiger partial charge in [-0.25, -0.2) is 0 Å². The summed E-state index contributed by atoms with van der Waals surface area (Å²) in [6.07, 6.45) is 4.87. The van der Waals surface area contributed by atoms with E-state index >= 15 is 0 Å². The van der Waals surface area contributed by atoms with Crippen molar-refractivity contribution in [2.45, 2.75) is 19.4 Å². The maximum atomic E-state index is 4.03. The molecule has 2 rings (SSSR count). The van der Waals surface area contributed by atoms with E-state index in [0.717, 1.165) is 26.1 Å². The fraction of sp³-hybridized carbons (Fsp3) is 0.583. The molecule has 0 bridgehead atoms. The van der Waals surface area contributed by atoms with Crippen molar-refractivity contribution >= 4 is 0 Å². The van der Waals surface area contributed by atoms with Crippen molar-refractivity contribution in [3.8, 4) is 0 Å². The van der Waals surface area contributed by atoms with E-state index in [-0.39, 0.29) is 0 Å². The molecule has 0 aliphatic carbocycles. The fourth-order valence-corrected chi connectivity index (χ4v) is 2.04. The molecule has 0 unspecified atom stereocenters. The van der Waals surface area contributed by atoms with E-state index in [0.29, 0.717) is 6.04 Å². The van der Waals surface area contributed by atoms with Gasteiger partial charge in [0.1, 0.15) is 0 Å². The summed E-state index contributed by atoms with van der Waals surface area (Å²) in [5.41, 5.74) is 1.38. The van der Waals surface area contributed by atoms with Crippen LogP contribution in [0.1, 0.15) is 12.5 Å². The van der Waals surface area contributed by atoms with Crippen molar-refractivity contribution in [1.29, 1.82) is 0 Å². The molecule has 1 aromatic rings. The number of hydrogen-bond donors (Lipinski definition) is 1. The van der Waals surface area contributed by atoms with Crippen LogP contribution in [0.5, 0.6) is 0 Å². The Morgan fingerprint density at radius 1 is 1.47 bits per heavy atom. The Hall–Kier alpha value is -0.930. The zero-order chi connectivity index (χ0) is 10.5. The average Bonchev–Trinajstić information content (AvgIpc) is 2.29. The Kier molecular flexibility index (Phi) is 3.69. The van der Waals surface area contributed by atoms with E-state index in [1.807, 2.05) is 12.4 Å². The minimum atomic E-state index is 0.667. The minimum absolute atomic E-state index is 0.667. The molecule has 2 heterocycles. The van der Waals surface area contributed by atoms with Crippen molar-refractivity contribution in [3.63, 3.8) is 0 Å². The molecular formula is C12H19N3. The summed E-state index contributed by atoms with van der Waals surface area (Å²) in [5.74, 6) is 0. The van der Waals surface area contributed by atoms with E-state index in [9.17, 15) is 0 Å². The molecule has 1 fully saturated rings. The van der Waals surface area contributed by atoms with E-state index in [1.165, 1.54) is 12.1 Å². The first kappa shape index (κ1) is 10.6. The lowest BCUT2D eigenvalue weighted by molar-refractivity contribution is 0.176. The van der Waals surface area contributed by atoms with Crippen LogP contribution in [0.15, 0.2) is 24.5 Å². The first-order valence-electron chi connectivity index (χ1n) is 5.70. The molecule has 0 amide bonds. The predicted octanol–water partition coefficient (Wildman–Crippen LogP) is 0.918.